The molecule has 0 aliphatic rings. The first-order valence-electron chi connectivity index (χ1n) is 3.33. The molecule has 0 radical (unpaired) electrons. The second-order valence-corrected chi connectivity index (χ2v) is 1.69. The molecular weight excluding hydrogens is 88.1 g/mol. The van der Waals surface area contributed by atoms with E-state index in [1.54, 1.807) is 4.90 Å². The molecule has 7 heavy (non-hydrogen) atoms. The molecule has 0 unspecified atom stereocenters. The van der Waals surface area contributed by atoms with E-state index < -0.39 is 6.37 Å². The molecule has 0 aliphatic carbocycles. The summed E-state index contributed by atoms with van der Waals surface area (Å²) in [7, 11) is 3.65. The van der Waals surface area contributed by atoms with Crippen molar-refractivity contribution in [2.75, 3.05) is 27.2 Å². The molecular formula is C5H14N2. The SMILES string of the molecule is [2H]C([2H])(CN)CN(C)C. The zero-order valence-electron chi connectivity index (χ0n) is 6.94. The average Bonchev–Trinajstić information content (AvgIpc) is 1.63. The lowest BCUT2D eigenvalue weighted by Gasteiger charge is -2.05. The molecule has 0 aromatic heterocycles. The largest absolute Gasteiger partial charge is 0.330 e. The van der Waals surface area contributed by atoms with Gasteiger partial charge < -0.3 is 10.6 Å². The number of nitrogens with zero attached hydrogens (tertiary/aromatic N) is 1. The Morgan fingerprint density at radius 2 is 2.29 bits per heavy atom. The highest BCUT2D eigenvalue weighted by molar-refractivity contribution is 4.42. The molecule has 0 heterocycles. The summed E-state index contributed by atoms with van der Waals surface area (Å²) in [6, 6.07) is 0. The summed E-state index contributed by atoms with van der Waals surface area (Å²) in [5.74, 6) is 0. The second kappa shape index (κ2) is 4.09. The molecule has 0 atom stereocenters. The topological polar surface area (TPSA) is 29.3 Å². The Bertz CT molecular complexity index is 83.0. The van der Waals surface area contributed by atoms with Crippen molar-refractivity contribution in [2.45, 2.75) is 6.37 Å². The minimum absolute atomic E-state index is 0.0885. The quantitative estimate of drug-likeness (QED) is 0.541. The van der Waals surface area contributed by atoms with E-state index in [0.29, 0.717) is 6.54 Å². The molecule has 0 aliphatic heterocycles. The van der Waals surface area contributed by atoms with Crippen molar-refractivity contribution in [3.8, 4) is 0 Å². The van der Waals surface area contributed by atoms with E-state index in [2.05, 4.69) is 0 Å². The third-order valence-electron chi connectivity index (χ3n) is 0.572. The van der Waals surface area contributed by atoms with Crippen LogP contribution in [0.3, 0.4) is 0 Å². The Labute approximate surface area is 48.1 Å². The summed E-state index contributed by atoms with van der Waals surface area (Å²) in [4.78, 5) is 1.78. The highest BCUT2D eigenvalue weighted by Crippen LogP contribution is 1.76. The van der Waals surface area contributed by atoms with Gasteiger partial charge in [0, 0.05) is 2.74 Å². The zero-order valence-corrected chi connectivity index (χ0v) is 4.94. The predicted octanol–water partition coefficient (Wildman–Crippen LogP) is -0.103. The van der Waals surface area contributed by atoms with Gasteiger partial charge in [-0.1, -0.05) is 0 Å². The Balaban J connectivity index is 3.58. The van der Waals surface area contributed by atoms with Crippen molar-refractivity contribution in [1.29, 1.82) is 0 Å². The predicted molar refractivity (Wildman–Crippen MR) is 32.2 cm³/mol. The van der Waals surface area contributed by atoms with Crippen LogP contribution in [0.4, 0.5) is 0 Å². The summed E-state index contributed by atoms with van der Waals surface area (Å²) < 4.78 is 14.4. The molecule has 0 amide bonds. The molecule has 2 heteroatoms. The molecule has 0 saturated heterocycles. The summed E-state index contributed by atoms with van der Waals surface area (Å²) >= 11 is 0. The van der Waals surface area contributed by atoms with Crippen molar-refractivity contribution in [2.24, 2.45) is 5.73 Å². The molecule has 2 nitrogen and oxygen atoms in total. The summed E-state index contributed by atoms with van der Waals surface area (Å²) in [6.45, 7) is 0.481. The van der Waals surface area contributed by atoms with Crippen LogP contribution in [0, 0.1) is 0 Å². The summed E-state index contributed by atoms with van der Waals surface area (Å²) in [5, 5.41) is 0. The standard InChI is InChI=1S/C5H14N2/c1-7(2)5-3-4-6/h3-6H2,1-2H3/i3D2. The maximum atomic E-state index is 7.21. The van der Waals surface area contributed by atoms with E-state index in [-0.39, 0.29) is 6.54 Å². The van der Waals surface area contributed by atoms with E-state index in [1.807, 2.05) is 14.1 Å². The van der Waals surface area contributed by atoms with Crippen LogP contribution in [-0.2, 0) is 0 Å². The average molecular weight is 104 g/mol. The van der Waals surface area contributed by atoms with Gasteiger partial charge in [-0.05, 0) is 33.6 Å². The Hall–Kier alpha value is -0.0800. The fourth-order valence-electron chi connectivity index (χ4n) is 0.288. The first-order valence-corrected chi connectivity index (χ1v) is 2.33. The van der Waals surface area contributed by atoms with Gasteiger partial charge >= 0.3 is 0 Å². The first kappa shape index (κ1) is 3.87. The van der Waals surface area contributed by atoms with Crippen LogP contribution in [0.15, 0.2) is 0 Å². The number of hydrogen-bond donors (Lipinski definition) is 1. The van der Waals surface area contributed by atoms with Crippen molar-refractivity contribution in [3.05, 3.63) is 0 Å². The number of nitrogens with two attached hydrogens (primary N) is 1. The van der Waals surface area contributed by atoms with Crippen LogP contribution in [0.2, 0.25) is 0 Å². The van der Waals surface area contributed by atoms with Crippen LogP contribution >= 0.6 is 0 Å². The van der Waals surface area contributed by atoms with E-state index in [4.69, 9.17) is 8.48 Å². The molecule has 0 aromatic carbocycles. The number of rotatable bonds is 3. The minimum Gasteiger partial charge on any atom is -0.330 e. The highest BCUT2D eigenvalue weighted by atomic mass is 15.0. The molecule has 0 aromatic rings. The molecule has 0 fully saturated rings. The lowest BCUT2D eigenvalue weighted by atomic mass is 10.4. The van der Waals surface area contributed by atoms with Gasteiger partial charge in [-0.25, -0.2) is 0 Å². The molecule has 2 N–H and O–H groups in total. The molecule has 0 rings (SSSR count). The molecule has 44 valence electrons. The number of hydrogen-bond acceptors (Lipinski definition) is 2. The first-order chi connectivity index (χ1) is 3.98. The smallest absolute Gasteiger partial charge is 0.0293 e. The summed E-state index contributed by atoms with van der Waals surface area (Å²) in [6.07, 6.45) is -1.23. The molecule has 0 spiro atoms. The van der Waals surface area contributed by atoms with Gasteiger partial charge in [-0.3, -0.25) is 0 Å². The lowest BCUT2D eigenvalue weighted by molar-refractivity contribution is 0.403. The maximum absolute atomic E-state index is 7.21. The fourth-order valence-corrected chi connectivity index (χ4v) is 0.288. The van der Waals surface area contributed by atoms with Crippen LogP contribution in [0.1, 0.15) is 9.11 Å². The van der Waals surface area contributed by atoms with E-state index in [9.17, 15) is 0 Å². The van der Waals surface area contributed by atoms with E-state index >= 15 is 0 Å². The fraction of sp³-hybridized carbons (Fsp3) is 1.00. The molecule has 0 bridgehead atoms. The van der Waals surface area contributed by atoms with Crippen molar-refractivity contribution < 1.29 is 2.74 Å². The lowest BCUT2D eigenvalue weighted by Crippen LogP contribution is -2.16. The van der Waals surface area contributed by atoms with Gasteiger partial charge in [0.15, 0.2) is 0 Å². The highest BCUT2D eigenvalue weighted by Gasteiger charge is 1.83. The minimum atomic E-state index is -1.23. The maximum Gasteiger partial charge on any atom is 0.0293 e. The third kappa shape index (κ3) is 5.92. The van der Waals surface area contributed by atoms with Gasteiger partial charge in [-0.15, -0.1) is 0 Å². The van der Waals surface area contributed by atoms with Gasteiger partial charge in [0.05, 0.1) is 0 Å². The van der Waals surface area contributed by atoms with Gasteiger partial charge in [-0.2, -0.15) is 0 Å². The van der Waals surface area contributed by atoms with Gasteiger partial charge in [0.2, 0.25) is 0 Å². The zero-order chi connectivity index (χ0) is 7.49. The van der Waals surface area contributed by atoms with Crippen molar-refractivity contribution in [3.63, 3.8) is 0 Å². The summed E-state index contributed by atoms with van der Waals surface area (Å²) in [5.41, 5.74) is 5.15. The van der Waals surface area contributed by atoms with Crippen LogP contribution < -0.4 is 5.73 Å². The third-order valence-corrected chi connectivity index (χ3v) is 0.572. The Morgan fingerprint density at radius 1 is 1.71 bits per heavy atom. The Kier molecular flexibility index (Phi) is 2.26. The van der Waals surface area contributed by atoms with E-state index in [0.717, 1.165) is 0 Å². The van der Waals surface area contributed by atoms with Crippen molar-refractivity contribution >= 4 is 0 Å². The Morgan fingerprint density at radius 3 is 2.43 bits per heavy atom. The normalized spacial score (nSPS) is 16.6. The van der Waals surface area contributed by atoms with Gasteiger partial charge in [0.1, 0.15) is 0 Å². The molecule has 0 saturated carbocycles. The van der Waals surface area contributed by atoms with Crippen LogP contribution in [-0.4, -0.2) is 32.1 Å². The van der Waals surface area contributed by atoms with Crippen LogP contribution in [0.25, 0.3) is 0 Å². The monoisotopic (exact) mass is 104 g/mol. The van der Waals surface area contributed by atoms with Gasteiger partial charge in [0.25, 0.3) is 0 Å². The van der Waals surface area contributed by atoms with Crippen LogP contribution in [0.5, 0.6) is 0 Å². The van der Waals surface area contributed by atoms with Crippen molar-refractivity contribution in [1.82, 2.24) is 4.90 Å². The second-order valence-electron chi connectivity index (χ2n) is 1.69. The van der Waals surface area contributed by atoms with E-state index in [1.165, 1.54) is 0 Å².